The Hall–Kier alpha value is -3.19. The first-order valence-corrected chi connectivity index (χ1v) is 12.0. The van der Waals surface area contributed by atoms with E-state index < -0.39 is 0 Å². The van der Waals surface area contributed by atoms with E-state index in [1.54, 1.807) is 17.2 Å². The summed E-state index contributed by atoms with van der Waals surface area (Å²) in [6.45, 7) is 2.02. The lowest BCUT2D eigenvalue weighted by Gasteiger charge is -2.37. The first-order chi connectivity index (χ1) is 16.3. The molecule has 2 aliphatic heterocycles. The predicted octanol–water partition coefficient (Wildman–Crippen LogP) is 4.16. The minimum absolute atomic E-state index is 0.133. The summed E-state index contributed by atoms with van der Waals surface area (Å²) in [5, 5.41) is 12.9. The van der Waals surface area contributed by atoms with Crippen LogP contribution in [0.15, 0.2) is 60.9 Å². The van der Waals surface area contributed by atoms with Crippen LogP contribution < -0.4 is 4.74 Å². The predicted molar refractivity (Wildman–Crippen MR) is 123 cm³/mol. The van der Waals surface area contributed by atoms with E-state index in [-0.39, 0.29) is 23.8 Å². The van der Waals surface area contributed by atoms with Crippen molar-refractivity contribution in [3.63, 3.8) is 0 Å². The summed E-state index contributed by atoms with van der Waals surface area (Å²) in [5.74, 6) is 1.62. The van der Waals surface area contributed by atoms with Gasteiger partial charge in [0.15, 0.2) is 0 Å². The highest BCUT2D eigenvalue weighted by molar-refractivity contribution is 5.79. The van der Waals surface area contributed by atoms with Gasteiger partial charge in [-0.25, -0.2) is 5.01 Å². The van der Waals surface area contributed by atoms with Gasteiger partial charge in [-0.15, -0.1) is 0 Å². The Morgan fingerprint density at radius 1 is 1.00 bits per heavy atom. The second-order valence-corrected chi connectivity index (χ2v) is 9.40. The number of carbonyl (C=O) groups is 1. The lowest BCUT2D eigenvalue weighted by Crippen LogP contribution is -2.45. The highest BCUT2D eigenvalue weighted by atomic mass is 16.5. The summed E-state index contributed by atoms with van der Waals surface area (Å²) >= 11 is 0. The molecule has 1 saturated heterocycles. The molecule has 3 heterocycles. The first-order valence-electron chi connectivity index (χ1n) is 12.0. The number of benzene rings is 2. The molecule has 0 N–H and O–H groups in total. The van der Waals surface area contributed by atoms with Gasteiger partial charge in [-0.3, -0.25) is 9.80 Å². The van der Waals surface area contributed by atoms with Gasteiger partial charge in [0.1, 0.15) is 5.75 Å². The van der Waals surface area contributed by atoms with Gasteiger partial charge in [-0.05, 0) is 36.6 Å². The normalized spacial score (nSPS) is 23.1. The van der Waals surface area contributed by atoms with Crippen LogP contribution in [0.1, 0.15) is 49.3 Å². The molecule has 1 aliphatic carbocycles. The molecule has 7 nitrogen and oxygen atoms in total. The number of nitrogens with zero attached hydrogens (tertiary/aromatic N) is 5. The van der Waals surface area contributed by atoms with E-state index in [4.69, 9.17) is 4.74 Å². The molecule has 2 aromatic carbocycles. The van der Waals surface area contributed by atoms with Crippen LogP contribution in [0.4, 0.5) is 0 Å². The van der Waals surface area contributed by atoms with Crippen molar-refractivity contribution >= 4 is 5.91 Å². The molecule has 170 valence electrons. The molecule has 1 saturated carbocycles. The number of ether oxygens (including phenoxy) is 1. The summed E-state index contributed by atoms with van der Waals surface area (Å²) in [6, 6.07) is 16.7. The fourth-order valence-corrected chi connectivity index (χ4v) is 5.71. The molecule has 6 rings (SSSR count). The number of aromatic nitrogens is 3. The Morgan fingerprint density at radius 3 is 2.67 bits per heavy atom. The fraction of sp³-hybridized carbons (Fsp3) is 0.423. The number of hydrogen-bond acceptors (Lipinski definition) is 5. The van der Waals surface area contributed by atoms with Crippen LogP contribution in [0.25, 0.3) is 5.69 Å². The highest BCUT2D eigenvalue weighted by Gasteiger charge is 2.47. The molecule has 0 bridgehead atoms. The van der Waals surface area contributed by atoms with Gasteiger partial charge in [0.05, 0.1) is 30.7 Å². The zero-order valence-electron chi connectivity index (χ0n) is 18.7. The minimum atomic E-state index is 0.133. The van der Waals surface area contributed by atoms with Crippen molar-refractivity contribution < 1.29 is 9.53 Å². The third-order valence-corrected chi connectivity index (χ3v) is 7.29. The van der Waals surface area contributed by atoms with Gasteiger partial charge < -0.3 is 4.74 Å². The average Bonchev–Trinajstić information content (AvgIpc) is 3.53. The Labute approximate surface area is 193 Å². The molecular formula is C26H29N5O2. The third kappa shape index (κ3) is 3.80. The molecule has 0 unspecified atom stereocenters. The van der Waals surface area contributed by atoms with E-state index in [0.29, 0.717) is 13.2 Å². The van der Waals surface area contributed by atoms with Crippen LogP contribution in [-0.2, 0) is 11.3 Å². The maximum Gasteiger partial charge on any atom is 0.240 e. The van der Waals surface area contributed by atoms with Crippen molar-refractivity contribution in [2.24, 2.45) is 11.8 Å². The Balaban J connectivity index is 1.35. The van der Waals surface area contributed by atoms with Gasteiger partial charge in [0, 0.05) is 30.5 Å². The summed E-state index contributed by atoms with van der Waals surface area (Å²) in [4.78, 5) is 15.4. The molecule has 33 heavy (non-hydrogen) atoms. The molecule has 1 aromatic heterocycles. The monoisotopic (exact) mass is 443 g/mol. The Kier molecular flexibility index (Phi) is 5.34. The zero-order valence-corrected chi connectivity index (χ0v) is 18.7. The van der Waals surface area contributed by atoms with Gasteiger partial charge in [0.25, 0.3) is 0 Å². The molecular weight excluding hydrogens is 414 g/mol. The molecule has 1 amide bonds. The molecule has 7 heteroatoms. The van der Waals surface area contributed by atoms with E-state index >= 15 is 0 Å². The largest absolute Gasteiger partial charge is 0.493 e. The number of fused-ring (bicyclic) bond motifs is 3. The van der Waals surface area contributed by atoms with Gasteiger partial charge >= 0.3 is 0 Å². The van der Waals surface area contributed by atoms with Crippen LogP contribution in [0, 0.1) is 11.8 Å². The third-order valence-electron chi connectivity index (χ3n) is 7.29. The molecule has 0 radical (unpaired) electrons. The summed E-state index contributed by atoms with van der Waals surface area (Å²) in [6.07, 6.45) is 8.93. The highest BCUT2D eigenvalue weighted by Crippen LogP contribution is 2.46. The van der Waals surface area contributed by atoms with E-state index in [1.165, 1.54) is 12.0 Å². The quantitative estimate of drug-likeness (QED) is 0.606. The van der Waals surface area contributed by atoms with Crippen molar-refractivity contribution in [3.05, 3.63) is 72.1 Å². The maximum atomic E-state index is 13.7. The van der Waals surface area contributed by atoms with E-state index in [0.717, 1.165) is 49.2 Å². The van der Waals surface area contributed by atoms with Crippen LogP contribution >= 0.6 is 0 Å². The van der Waals surface area contributed by atoms with Crippen molar-refractivity contribution in [2.75, 3.05) is 13.2 Å². The second-order valence-electron chi connectivity index (χ2n) is 9.40. The standard InChI is InChI=1S/C26H29N5O2/c32-26(20-8-2-1-3-9-20)30-17-21-18-33-24-12-5-4-11-23(24)25(21)29(30)16-19-7-6-10-22(15-19)31-27-13-14-28-31/h4-7,10-15,20-21,25H,1-3,8-9,16-18H2/t21-,25-/m1/s1. The smallest absolute Gasteiger partial charge is 0.240 e. The topological polar surface area (TPSA) is 63.5 Å². The molecule has 3 aliphatic rings. The Bertz CT molecular complexity index is 1130. The molecule has 3 aromatic rings. The number of hydrogen-bond donors (Lipinski definition) is 0. The first kappa shape index (κ1) is 20.4. The summed E-state index contributed by atoms with van der Waals surface area (Å²) in [7, 11) is 0. The number of rotatable bonds is 4. The molecule has 2 atom stereocenters. The lowest BCUT2D eigenvalue weighted by molar-refractivity contribution is -0.153. The zero-order chi connectivity index (χ0) is 22.2. The number of amides is 1. The van der Waals surface area contributed by atoms with Gasteiger partial charge in [0.2, 0.25) is 5.91 Å². The fourth-order valence-electron chi connectivity index (χ4n) is 5.71. The van der Waals surface area contributed by atoms with E-state index in [9.17, 15) is 4.79 Å². The van der Waals surface area contributed by atoms with Crippen LogP contribution in [0.2, 0.25) is 0 Å². The Morgan fingerprint density at radius 2 is 1.82 bits per heavy atom. The SMILES string of the molecule is O=C(C1CCCCC1)N1C[C@@H]2COc3ccccc3[C@@H]2N1Cc1cccc(-n2nccn2)c1. The van der Waals surface area contributed by atoms with Gasteiger partial charge in [-0.2, -0.15) is 15.0 Å². The van der Waals surface area contributed by atoms with Crippen LogP contribution in [-0.4, -0.2) is 44.1 Å². The van der Waals surface area contributed by atoms with Crippen LogP contribution in [0.3, 0.4) is 0 Å². The summed E-state index contributed by atoms with van der Waals surface area (Å²) in [5.41, 5.74) is 3.24. The van der Waals surface area contributed by atoms with Crippen molar-refractivity contribution in [2.45, 2.75) is 44.7 Å². The number of hydrazine groups is 1. The lowest BCUT2D eigenvalue weighted by atomic mass is 9.88. The minimum Gasteiger partial charge on any atom is -0.493 e. The summed E-state index contributed by atoms with van der Waals surface area (Å²) < 4.78 is 6.09. The number of carbonyl (C=O) groups excluding carboxylic acids is 1. The van der Waals surface area contributed by atoms with Crippen molar-refractivity contribution in [1.82, 2.24) is 25.0 Å². The second kappa shape index (κ2) is 8.63. The molecule has 0 spiro atoms. The average molecular weight is 444 g/mol. The maximum absolute atomic E-state index is 13.7. The van der Waals surface area contributed by atoms with E-state index in [1.807, 2.05) is 24.3 Å². The van der Waals surface area contributed by atoms with Crippen molar-refractivity contribution in [1.29, 1.82) is 0 Å². The van der Waals surface area contributed by atoms with E-state index in [2.05, 4.69) is 44.5 Å². The number of para-hydroxylation sites is 1. The van der Waals surface area contributed by atoms with Crippen molar-refractivity contribution in [3.8, 4) is 11.4 Å². The molecule has 2 fully saturated rings. The van der Waals surface area contributed by atoms with Crippen LogP contribution in [0.5, 0.6) is 5.75 Å². The van der Waals surface area contributed by atoms with Gasteiger partial charge in [-0.1, -0.05) is 49.6 Å².